The fraction of sp³-hybridized carbons (Fsp3) is 0.240. The Morgan fingerprint density at radius 1 is 0.969 bits per heavy atom. The average molecular weight is 453 g/mol. The van der Waals surface area contributed by atoms with Gasteiger partial charge in [0.05, 0.1) is 13.2 Å². The summed E-state index contributed by atoms with van der Waals surface area (Å²) >= 11 is 0. The topological polar surface area (TPSA) is 84.5 Å². The molecular formula is C25H28N2O4S. The molecule has 2 N–H and O–H groups in total. The molecule has 32 heavy (non-hydrogen) atoms. The summed E-state index contributed by atoms with van der Waals surface area (Å²) in [6.45, 7) is 3.67. The van der Waals surface area contributed by atoms with Crippen LogP contribution in [0.2, 0.25) is 0 Å². The van der Waals surface area contributed by atoms with E-state index in [2.05, 4.69) is 10.0 Å². The molecule has 3 rings (SSSR count). The van der Waals surface area contributed by atoms with Crippen LogP contribution in [0.15, 0.2) is 83.8 Å². The summed E-state index contributed by atoms with van der Waals surface area (Å²) in [5.41, 5.74) is 2.55. The van der Waals surface area contributed by atoms with Crippen LogP contribution in [0, 0.1) is 6.92 Å². The Bertz CT molecular complexity index is 1150. The lowest BCUT2D eigenvalue weighted by atomic mass is 10.0. The molecule has 0 aliphatic rings. The van der Waals surface area contributed by atoms with E-state index in [1.54, 1.807) is 19.1 Å². The first kappa shape index (κ1) is 23.5. The van der Waals surface area contributed by atoms with E-state index in [1.807, 2.05) is 67.6 Å². The van der Waals surface area contributed by atoms with Crippen LogP contribution in [-0.4, -0.2) is 27.5 Å². The van der Waals surface area contributed by atoms with Crippen molar-refractivity contribution in [3.8, 4) is 5.75 Å². The number of sulfonamides is 1. The predicted octanol–water partition coefficient (Wildman–Crippen LogP) is 3.77. The summed E-state index contributed by atoms with van der Waals surface area (Å²) in [4.78, 5) is 13.2. The molecule has 0 saturated heterocycles. The Hall–Kier alpha value is -3.16. The fourth-order valence-corrected chi connectivity index (χ4v) is 4.87. The SMILES string of the molecule is COc1ccc(C)cc1S(=O)(=O)N[C@@H](Cc1ccccc1)C(=O)N[C@H](C)c1ccccc1. The Balaban J connectivity index is 1.89. The number of hydrogen-bond donors (Lipinski definition) is 2. The van der Waals surface area contributed by atoms with Gasteiger partial charge in [-0.25, -0.2) is 8.42 Å². The Morgan fingerprint density at radius 3 is 2.22 bits per heavy atom. The third kappa shape index (κ3) is 5.96. The van der Waals surface area contributed by atoms with E-state index < -0.39 is 22.0 Å². The number of carbonyl (C=O) groups excluding carboxylic acids is 1. The number of benzene rings is 3. The molecule has 1 amide bonds. The summed E-state index contributed by atoms with van der Waals surface area (Å²) < 4.78 is 34.4. The van der Waals surface area contributed by atoms with E-state index in [9.17, 15) is 13.2 Å². The van der Waals surface area contributed by atoms with Crippen LogP contribution in [0.1, 0.15) is 29.7 Å². The number of aryl methyl sites for hydroxylation is 1. The zero-order valence-electron chi connectivity index (χ0n) is 18.4. The molecule has 3 aromatic carbocycles. The van der Waals surface area contributed by atoms with E-state index in [0.29, 0.717) is 0 Å². The van der Waals surface area contributed by atoms with Gasteiger partial charge < -0.3 is 10.1 Å². The highest BCUT2D eigenvalue weighted by Gasteiger charge is 2.29. The lowest BCUT2D eigenvalue weighted by molar-refractivity contribution is -0.123. The minimum absolute atomic E-state index is 0.00182. The molecule has 0 bridgehead atoms. The van der Waals surface area contributed by atoms with Crippen LogP contribution in [0.25, 0.3) is 0 Å². The van der Waals surface area contributed by atoms with Gasteiger partial charge in [0, 0.05) is 0 Å². The minimum atomic E-state index is -4.03. The summed E-state index contributed by atoms with van der Waals surface area (Å²) in [5.74, 6) is -0.181. The predicted molar refractivity (Wildman–Crippen MR) is 125 cm³/mol. The number of carbonyl (C=O) groups is 1. The van der Waals surface area contributed by atoms with E-state index in [-0.39, 0.29) is 23.1 Å². The van der Waals surface area contributed by atoms with Crippen molar-refractivity contribution in [2.45, 2.75) is 37.2 Å². The van der Waals surface area contributed by atoms with E-state index >= 15 is 0 Å². The van der Waals surface area contributed by atoms with Crippen molar-refractivity contribution < 1.29 is 17.9 Å². The van der Waals surface area contributed by atoms with Crippen LogP contribution < -0.4 is 14.8 Å². The first-order valence-electron chi connectivity index (χ1n) is 10.4. The fourth-order valence-electron chi connectivity index (χ4n) is 3.42. The van der Waals surface area contributed by atoms with Gasteiger partial charge in [0.15, 0.2) is 0 Å². The van der Waals surface area contributed by atoms with Gasteiger partial charge in [0.2, 0.25) is 15.9 Å². The van der Waals surface area contributed by atoms with E-state index in [4.69, 9.17) is 4.74 Å². The third-order valence-corrected chi connectivity index (χ3v) is 6.66. The van der Waals surface area contributed by atoms with E-state index in [1.165, 1.54) is 13.2 Å². The molecule has 6 nitrogen and oxygen atoms in total. The molecule has 168 valence electrons. The van der Waals surface area contributed by atoms with Gasteiger partial charge in [0.25, 0.3) is 0 Å². The Morgan fingerprint density at radius 2 is 1.59 bits per heavy atom. The summed E-state index contributed by atoms with van der Waals surface area (Å²) in [7, 11) is -2.61. The molecule has 0 aliphatic carbocycles. The molecule has 0 aliphatic heterocycles. The number of hydrogen-bond acceptors (Lipinski definition) is 4. The molecule has 0 spiro atoms. The standard InChI is InChI=1S/C25H28N2O4S/c1-18-14-15-23(31-3)24(16-18)32(29,30)27-22(17-20-10-6-4-7-11-20)25(28)26-19(2)21-12-8-5-9-13-21/h4-16,19,22,27H,17H2,1-3H3,(H,26,28)/t19-,22+/m1/s1. The van der Waals surface area contributed by atoms with Gasteiger partial charge >= 0.3 is 0 Å². The maximum Gasteiger partial charge on any atom is 0.244 e. The lowest BCUT2D eigenvalue weighted by Crippen LogP contribution is -2.48. The smallest absolute Gasteiger partial charge is 0.244 e. The first-order chi connectivity index (χ1) is 15.3. The van der Waals surface area contributed by atoms with Gasteiger partial charge in [-0.3, -0.25) is 4.79 Å². The molecular weight excluding hydrogens is 424 g/mol. The summed E-state index contributed by atoms with van der Waals surface area (Å²) in [6.07, 6.45) is 0.210. The zero-order chi connectivity index (χ0) is 23.1. The number of ether oxygens (including phenoxy) is 1. The third-order valence-electron chi connectivity index (χ3n) is 5.16. The second-order valence-electron chi connectivity index (χ2n) is 7.66. The second kappa shape index (κ2) is 10.4. The van der Waals surface area contributed by atoms with Crippen LogP contribution in [-0.2, 0) is 21.2 Å². The van der Waals surface area contributed by atoms with Crippen molar-refractivity contribution in [3.05, 3.63) is 95.6 Å². The summed E-state index contributed by atoms with van der Waals surface area (Å²) in [5, 5.41) is 2.93. The quantitative estimate of drug-likeness (QED) is 0.518. The van der Waals surface area contributed by atoms with Crippen molar-refractivity contribution in [1.82, 2.24) is 10.0 Å². The van der Waals surface area contributed by atoms with Gasteiger partial charge in [-0.15, -0.1) is 0 Å². The van der Waals surface area contributed by atoms with Crippen molar-refractivity contribution in [3.63, 3.8) is 0 Å². The number of nitrogens with one attached hydrogen (secondary N) is 2. The van der Waals surface area contributed by atoms with Crippen LogP contribution in [0.3, 0.4) is 0 Å². The van der Waals surface area contributed by atoms with Crippen molar-refractivity contribution >= 4 is 15.9 Å². The molecule has 7 heteroatoms. The number of methoxy groups -OCH3 is 1. The highest BCUT2D eigenvalue weighted by Crippen LogP contribution is 2.25. The van der Waals surface area contributed by atoms with Crippen LogP contribution in [0.5, 0.6) is 5.75 Å². The van der Waals surface area contributed by atoms with Gasteiger partial charge in [-0.1, -0.05) is 66.7 Å². The molecule has 0 heterocycles. The van der Waals surface area contributed by atoms with Crippen molar-refractivity contribution in [2.75, 3.05) is 7.11 Å². The minimum Gasteiger partial charge on any atom is -0.495 e. The monoisotopic (exact) mass is 452 g/mol. The Kier molecular flexibility index (Phi) is 7.66. The number of amides is 1. The van der Waals surface area contributed by atoms with E-state index in [0.717, 1.165) is 16.7 Å². The normalized spacial score (nSPS) is 13.2. The maximum atomic E-state index is 13.3. The lowest BCUT2D eigenvalue weighted by Gasteiger charge is -2.22. The molecule has 2 atom stereocenters. The molecule has 0 unspecified atom stereocenters. The Labute approximate surface area is 189 Å². The largest absolute Gasteiger partial charge is 0.495 e. The number of rotatable bonds is 9. The maximum absolute atomic E-state index is 13.3. The highest BCUT2D eigenvalue weighted by atomic mass is 32.2. The molecule has 0 radical (unpaired) electrons. The van der Waals surface area contributed by atoms with Gasteiger partial charge in [-0.2, -0.15) is 4.72 Å². The van der Waals surface area contributed by atoms with Crippen molar-refractivity contribution in [2.24, 2.45) is 0 Å². The zero-order valence-corrected chi connectivity index (χ0v) is 19.2. The second-order valence-corrected chi connectivity index (χ2v) is 9.34. The summed E-state index contributed by atoms with van der Waals surface area (Å²) in [6, 6.07) is 22.5. The molecule has 0 aromatic heterocycles. The van der Waals surface area contributed by atoms with Crippen LogP contribution in [0.4, 0.5) is 0 Å². The average Bonchev–Trinajstić information content (AvgIpc) is 2.79. The van der Waals surface area contributed by atoms with Crippen molar-refractivity contribution in [1.29, 1.82) is 0 Å². The molecule has 3 aromatic rings. The molecule has 0 fully saturated rings. The van der Waals surface area contributed by atoms with Gasteiger partial charge in [0.1, 0.15) is 16.7 Å². The van der Waals surface area contributed by atoms with Gasteiger partial charge in [-0.05, 0) is 49.1 Å². The first-order valence-corrected chi connectivity index (χ1v) is 11.8. The highest BCUT2D eigenvalue weighted by molar-refractivity contribution is 7.89. The van der Waals surface area contributed by atoms with Crippen LogP contribution >= 0.6 is 0 Å². The molecule has 0 saturated carbocycles.